The van der Waals surface area contributed by atoms with Crippen LogP contribution in [-0.4, -0.2) is 5.78 Å². The molecule has 70 valence electrons. The minimum Gasteiger partial charge on any atom is -0.300 e. The maximum atomic E-state index is 11.3. The molecular weight excluding hydrogens is 148 g/mol. The Morgan fingerprint density at radius 3 is 2.25 bits per heavy atom. The van der Waals surface area contributed by atoms with Crippen molar-refractivity contribution >= 4 is 5.78 Å². The summed E-state index contributed by atoms with van der Waals surface area (Å²) in [6.45, 7) is 6.24. The quantitative estimate of drug-likeness (QED) is 0.619. The van der Waals surface area contributed by atoms with Crippen LogP contribution in [0.4, 0.5) is 0 Å². The van der Waals surface area contributed by atoms with E-state index >= 15 is 0 Å². The van der Waals surface area contributed by atoms with Gasteiger partial charge in [-0.2, -0.15) is 0 Å². The topological polar surface area (TPSA) is 17.1 Å². The molecule has 1 nitrogen and oxygen atoms in total. The van der Waals surface area contributed by atoms with Gasteiger partial charge in [0.05, 0.1) is 0 Å². The fraction of sp³-hybridized carbons (Fsp3) is 0.909. The van der Waals surface area contributed by atoms with Gasteiger partial charge in [-0.25, -0.2) is 0 Å². The number of rotatable bonds is 2. The summed E-state index contributed by atoms with van der Waals surface area (Å²) in [5.74, 6) is 2.13. The van der Waals surface area contributed by atoms with Gasteiger partial charge >= 0.3 is 0 Å². The second kappa shape index (κ2) is 4.06. The van der Waals surface area contributed by atoms with Gasteiger partial charge in [0.15, 0.2) is 0 Å². The summed E-state index contributed by atoms with van der Waals surface area (Å²) in [6, 6.07) is 0. The van der Waals surface area contributed by atoms with Crippen LogP contribution in [-0.2, 0) is 4.79 Å². The lowest BCUT2D eigenvalue weighted by Crippen LogP contribution is -2.29. The Labute approximate surface area is 75.5 Å². The van der Waals surface area contributed by atoms with Gasteiger partial charge in [-0.05, 0) is 31.6 Å². The lowest BCUT2D eigenvalue weighted by atomic mass is 9.72. The van der Waals surface area contributed by atoms with E-state index in [0.29, 0.717) is 23.5 Å². The summed E-state index contributed by atoms with van der Waals surface area (Å²) in [6.07, 6.45) is 4.99. The minimum absolute atomic E-state index is 0.374. The predicted molar refractivity (Wildman–Crippen MR) is 51.0 cm³/mol. The summed E-state index contributed by atoms with van der Waals surface area (Å²) < 4.78 is 0. The molecule has 0 aromatic carbocycles. The van der Waals surface area contributed by atoms with Crippen molar-refractivity contribution in [3.05, 3.63) is 0 Å². The van der Waals surface area contributed by atoms with Crippen LogP contribution in [0.2, 0.25) is 0 Å². The van der Waals surface area contributed by atoms with E-state index in [2.05, 4.69) is 13.8 Å². The molecule has 1 aliphatic rings. The fourth-order valence-electron chi connectivity index (χ4n) is 2.46. The van der Waals surface area contributed by atoms with Crippen molar-refractivity contribution in [1.29, 1.82) is 0 Å². The third-order valence-electron chi connectivity index (χ3n) is 3.20. The minimum atomic E-state index is 0.374. The highest BCUT2D eigenvalue weighted by atomic mass is 16.1. The van der Waals surface area contributed by atoms with E-state index in [-0.39, 0.29) is 0 Å². The molecule has 0 aromatic heterocycles. The molecule has 1 saturated carbocycles. The van der Waals surface area contributed by atoms with Gasteiger partial charge in [-0.3, -0.25) is 4.79 Å². The number of carbonyl (C=O) groups excluding carboxylic acids is 1. The molecule has 2 atom stereocenters. The first-order valence-electron chi connectivity index (χ1n) is 5.13. The Balaban J connectivity index is 2.60. The molecule has 1 heteroatoms. The molecule has 0 N–H and O–H groups in total. The maximum Gasteiger partial charge on any atom is 0.133 e. The smallest absolute Gasteiger partial charge is 0.133 e. The maximum absolute atomic E-state index is 11.3. The molecule has 0 saturated heterocycles. The van der Waals surface area contributed by atoms with Crippen LogP contribution in [0.1, 0.15) is 46.5 Å². The van der Waals surface area contributed by atoms with E-state index in [1.165, 1.54) is 19.3 Å². The third kappa shape index (κ3) is 2.09. The first-order valence-corrected chi connectivity index (χ1v) is 5.13. The molecule has 0 amide bonds. The molecule has 1 aliphatic carbocycles. The zero-order chi connectivity index (χ0) is 9.14. The Bertz CT molecular complexity index is 160. The van der Waals surface area contributed by atoms with E-state index in [1.807, 2.05) is 0 Å². The highest BCUT2D eigenvalue weighted by Crippen LogP contribution is 2.35. The standard InChI is InChI=1S/C11H20O/c1-8(2)10-6-4-5-7-11(10)9(3)12/h8,10-11H,4-7H2,1-3H3. The Hall–Kier alpha value is -0.330. The number of carbonyl (C=O) groups is 1. The highest BCUT2D eigenvalue weighted by Gasteiger charge is 2.30. The van der Waals surface area contributed by atoms with Gasteiger partial charge in [0.25, 0.3) is 0 Å². The molecule has 0 bridgehead atoms. The van der Waals surface area contributed by atoms with Crippen molar-refractivity contribution in [2.45, 2.75) is 46.5 Å². The van der Waals surface area contributed by atoms with E-state index in [0.717, 1.165) is 6.42 Å². The lowest BCUT2D eigenvalue weighted by molar-refractivity contribution is -0.124. The van der Waals surface area contributed by atoms with Gasteiger partial charge in [0.2, 0.25) is 0 Å². The molecule has 12 heavy (non-hydrogen) atoms. The summed E-state index contributed by atoms with van der Waals surface area (Å²) in [4.78, 5) is 11.3. The second-order valence-electron chi connectivity index (χ2n) is 4.41. The molecule has 0 heterocycles. The normalized spacial score (nSPS) is 30.7. The molecule has 0 radical (unpaired) electrons. The summed E-state index contributed by atoms with van der Waals surface area (Å²) >= 11 is 0. The first kappa shape index (κ1) is 9.76. The van der Waals surface area contributed by atoms with Crippen LogP contribution in [0, 0.1) is 17.8 Å². The van der Waals surface area contributed by atoms with Crippen LogP contribution in [0.15, 0.2) is 0 Å². The van der Waals surface area contributed by atoms with Gasteiger partial charge in [0.1, 0.15) is 5.78 Å². The first-order chi connectivity index (χ1) is 5.63. The summed E-state index contributed by atoms with van der Waals surface area (Å²) in [5.41, 5.74) is 0. The Morgan fingerprint density at radius 2 is 1.83 bits per heavy atom. The van der Waals surface area contributed by atoms with E-state index in [9.17, 15) is 4.79 Å². The SMILES string of the molecule is CC(=O)C1CCCCC1C(C)C. The monoisotopic (exact) mass is 168 g/mol. The predicted octanol–water partition coefficient (Wildman–Crippen LogP) is 3.04. The highest BCUT2D eigenvalue weighted by molar-refractivity contribution is 5.78. The Kier molecular flexibility index (Phi) is 3.30. The number of hydrogen-bond acceptors (Lipinski definition) is 1. The molecule has 2 unspecified atom stereocenters. The van der Waals surface area contributed by atoms with Gasteiger partial charge in [-0.1, -0.05) is 26.7 Å². The summed E-state index contributed by atoms with van der Waals surface area (Å²) in [5, 5.41) is 0. The van der Waals surface area contributed by atoms with Crippen molar-refractivity contribution in [1.82, 2.24) is 0 Å². The molecule has 0 aromatic rings. The van der Waals surface area contributed by atoms with E-state index in [1.54, 1.807) is 6.92 Å². The number of Topliss-reactive ketones (excluding diaryl/α,β-unsaturated/α-hetero) is 1. The number of ketones is 1. The number of hydrogen-bond donors (Lipinski definition) is 0. The lowest BCUT2D eigenvalue weighted by Gasteiger charge is -2.32. The van der Waals surface area contributed by atoms with Crippen molar-refractivity contribution in [3.63, 3.8) is 0 Å². The van der Waals surface area contributed by atoms with Gasteiger partial charge < -0.3 is 0 Å². The molecule has 1 rings (SSSR count). The average Bonchev–Trinajstić information content (AvgIpc) is 2.04. The zero-order valence-electron chi connectivity index (χ0n) is 8.47. The molecule has 1 fully saturated rings. The fourth-order valence-corrected chi connectivity index (χ4v) is 2.46. The molecule has 0 aliphatic heterocycles. The van der Waals surface area contributed by atoms with Crippen molar-refractivity contribution in [2.24, 2.45) is 17.8 Å². The van der Waals surface area contributed by atoms with Crippen LogP contribution < -0.4 is 0 Å². The van der Waals surface area contributed by atoms with E-state index in [4.69, 9.17) is 0 Å². The Morgan fingerprint density at radius 1 is 1.25 bits per heavy atom. The van der Waals surface area contributed by atoms with Crippen LogP contribution in [0.5, 0.6) is 0 Å². The molecular formula is C11H20O. The van der Waals surface area contributed by atoms with Gasteiger partial charge in [0, 0.05) is 5.92 Å². The van der Waals surface area contributed by atoms with Crippen molar-refractivity contribution < 1.29 is 4.79 Å². The largest absolute Gasteiger partial charge is 0.300 e. The van der Waals surface area contributed by atoms with Gasteiger partial charge in [-0.15, -0.1) is 0 Å². The van der Waals surface area contributed by atoms with E-state index < -0.39 is 0 Å². The third-order valence-corrected chi connectivity index (χ3v) is 3.20. The second-order valence-corrected chi connectivity index (χ2v) is 4.41. The average molecular weight is 168 g/mol. The van der Waals surface area contributed by atoms with Crippen LogP contribution in [0.25, 0.3) is 0 Å². The molecule has 0 spiro atoms. The zero-order valence-corrected chi connectivity index (χ0v) is 8.47. The summed E-state index contributed by atoms with van der Waals surface area (Å²) in [7, 11) is 0. The van der Waals surface area contributed by atoms with Crippen molar-refractivity contribution in [2.75, 3.05) is 0 Å². The van der Waals surface area contributed by atoms with Crippen LogP contribution in [0.3, 0.4) is 0 Å². The van der Waals surface area contributed by atoms with Crippen LogP contribution >= 0.6 is 0 Å². The van der Waals surface area contributed by atoms with Crippen molar-refractivity contribution in [3.8, 4) is 0 Å².